The maximum Gasteiger partial charge on any atom is 0.167 e. The van der Waals surface area contributed by atoms with Crippen molar-refractivity contribution in [2.75, 3.05) is 12.3 Å². The minimum absolute atomic E-state index is 0. The number of aromatic nitrogens is 2. The van der Waals surface area contributed by atoms with Crippen molar-refractivity contribution < 1.29 is 0 Å². The summed E-state index contributed by atoms with van der Waals surface area (Å²) in [5, 5.41) is 1.03. The molecule has 2 N–H and O–H groups in total. The van der Waals surface area contributed by atoms with Gasteiger partial charge in [0.2, 0.25) is 0 Å². The first-order valence-electron chi connectivity index (χ1n) is 3.15. The van der Waals surface area contributed by atoms with Gasteiger partial charge in [-0.2, -0.15) is 0 Å². The van der Waals surface area contributed by atoms with Crippen LogP contribution in [0.2, 0.25) is 0 Å². The van der Waals surface area contributed by atoms with Crippen LogP contribution in [-0.4, -0.2) is 21.8 Å². The number of hydrogen-bond donors (Lipinski definition) is 1. The first-order valence-corrected chi connectivity index (χ1v) is 4.13. The number of nitrogens with two attached hydrogens (primary N) is 1. The lowest BCUT2D eigenvalue weighted by atomic mass is 10.8. The van der Waals surface area contributed by atoms with E-state index in [1.165, 1.54) is 0 Å². The van der Waals surface area contributed by atoms with Gasteiger partial charge in [0.25, 0.3) is 0 Å². The van der Waals surface area contributed by atoms with Crippen LogP contribution in [-0.2, 0) is 7.05 Å². The van der Waals surface area contributed by atoms with Crippen molar-refractivity contribution in [3.8, 4) is 0 Å². The molecule has 0 aliphatic rings. The molecule has 1 heterocycles. The molecule has 6 heteroatoms. The predicted octanol–water partition coefficient (Wildman–Crippen LogP) is 1.31. The van der Waals surface area contributed by atoms with E-state index in [4.69, 9.17) is 5.73 Å². The van der Waals surface area contributed by atoms with E-state index in [2.05, 4.69) is 4.98 Å². The normalized spacial score (nSPS) is 8.50. The van der Waals surface area contributed by atoms with Crippen LogP contribution in [0.1, 0.15) is 0 Å². The zero-order valence-corrected chi connectivity index (χ0v) is 9.21. The van der Waals surface area contributed by atoms with Crippen LogP contribution in [0, 0.1) is 0 Å². The van der Waals surface area contributed by atoms with Crippen LogP contribution in [0.4, 0.5) is 0 Å². The lowest BCUT2D eigenvalue weighted by Crippen LogP contribution is -2.02. The van der Waals surface area contributed by atoms with Gasteiger partial charge in [0, 0.05) is 31.7 Å². The summed E-state index contributed by atoms with van der Waals surface area (Å²) in [6, 6.07) is 0. The first-order chi connectivity index (χ1) is 4.84. The summed E-state index contributed by atoms with van der Waals surface area (Å²) in [5.41, 5.74) is 5.34. The molecule has 0 unspecified atom stereocenters. The van der Waals surface area contributed by atoms with Gasteiger partial charge in [-0.05, 0) is 0 Å². The molecule has 0 bridgehead atoms. The number of rotatable bonds is 3. The van der Waals surface area contributed by atoms with Crippen LogP contribution in [0.5, 0.6) is 0 Å². The summed E-state index contributed by atoms with van der Waals surface area (Å²) < 4.78 is 1.99. The fourth-order valence-corrected chi connectivity index (χ4v) is 1.34. The van der Waals surface area contributed by atoms with Gasteiger partial charge in [-0.25, -0.2) is 4.98 Å². The number of imidazole rings is 1. The number of hydrogen-bond acceptors (Lipinski definition) is 3. The Morgan fingerprint density at radius 3 is 2.67 bits per heavy atom. The van der Waals surface area contributed by atoms with Gasteiger partial charge in [0.1, 0.15) is 0 Å². The lowest BCUT2D eigenvalue weighted by molar-refractivity contribution is 0.790. The Bertz CT molecular complexity index is 204. The van der Waals surface area contributed by atoms with Crippen molar-refractivity contribution in [2.45, 2.75) is 5.16 Å². The Hall–Kier alpha value is 0.1000. The molecule has 0 amide bonds. The van der Waals surface area contributed by atoms with Crippen LogP contribution >= 0.6 is 36.6 Å². The Morgan fingerprint density at radius 2 is 2.25 bits per heavy atom. The lowest BCUT2D eigenvalue weighted by Gasteiger charge is -1.97. The highest BCUT2D eigenvalue weighted by molar-refractivity contribution is 7.99. The average molecular weight is 230 g/mol. The second-order valence-corrected chi connectivity index (χ2v) is 3.02. The number of nitrogens with zero attached hydrogens (tertiary/aromatic N) is 2. The molecule has 0 atom stereocenters. The van der Waals surface area contributed by atoms with Crippen molar-refractivity contribution in [1.29, 1.82) is 0 Å². The summed E-state index contributed by atoms with van der Waals surface area (Å²) in [6.07, 6.45) is 3.72. The fraction of sp³-hybridized carbons (Fsp3) is 0.500. The molecule has 12 heavy (non-hydrogen) atoms. The maximum absolute atomic E-state index is 5.34. The van der Waals surface area contributed by atoms with Crippen molar-refractivity contribution in [1.82, 2.24) is 9.55 Å². The highest BCUT2D eigenvalue weighted by Gasteiger charge is 1.96. The zero-order valence-electron chi connectivity index (χ0n) is 6.77. The van der Waals surface area contributed by atoms with E-state index in [-0.39, 0.29) is 24.8 Å². The summed E-state index contributed by atoms with van der Waals surface area (Å²) in [7, 11) is 1.98. The van der Waals surface area contributed by atoms with Crippen LogP contribution in [0.15, 0.2) is 17.6 Å². The molecule has 0 spiro atoms. The molecule has 0 saturated heterocycles. The summed E-state index contributed by atoms with van der Waals surface area (Å²) in [6.45, 7) is 0.706. The molecule has 72 valence electrons. The smallest absolute Gasteiger partial charge is 0.167 e. The number of aryl methyl sites for hydroxylation is 1. The Balaban J connectivity index is 0. The molecule has 0 aliphatic carbocycles. The second-order valence-electron chi connectivity index (χ2n) is 1.96. The van der Waals surface area contributed by atoms with E-state index in [9.17, 15) is 0 Å². The van der Waals surface area contributed by atoms with Crippen molar-refractivity contribution >= 4 is 36.6 Å². The van der Waals surface area contributed by atoms with Crippen LogP contribution in [0.25, 0.3) is 0 Å². The van der Waals surface area contributed by atoms with Gasteiger partial charge in [-0.3, -0.25) is 0 Å². The van der Waals surface area contributed by atoms with E-state index in [1.54, 1.807) is 18.0 Å². The van der Waals surface area contributed by atoms with E-state index in [0.29, 0.717) is 6.54 Å². The molecule has 0 radical (unpaired) electrons. The molecule has 0 saturated carbocycles. The molecular formula is C6H13Cl2N3S. The van der Waals surface area contributed by atoms with Crippen LogP contribution < -0.4 is 5.73 Å². The summed E-state index contributed by atoms with van der Waals surface area (Å²) in [4.78, 5) is 4.12. The summed E-state index contributed by atoms with van der Waals surface area (Å²) in [5.74, 6) is 0.935. The fourth-order valence-electron chi connectivity index (χ4n) is 0.641. The molecule has 0 fully saturated rings. The van der Waals surface area contributed by atoms with E-state index >= 15 is 0 Å². The first kappa shape index (κ1) is 14.6. The Morgan fingerprint density at radius 1 is 1.58 bits per heavy atom. The standard InChI is InChI=1S/C6H11N3S.2ClH/c1-9-4-3-8-6(9)10-5-2-7;;/h3-4H,2,5,7H2,1H3;2*1H. The van der Waals surface area contributed by atoms with Gasteiger partial charge < -0.3 is 10.3 Å². The Kier molecular flexibility index (Phi) is 9.42. The molecule has 0 aliphatic heterocycles. The van der Waals surface area contributed by atoms with E-state index < -0.39 is 0 Å². The SMILES string of the molecule is Cl.Cl.Cn1ccnc1SCCN. The third-order valence-corrected chi connectivity index (χ3v) is 2.22. The van der Waals surface area contributed by atoms with E-state index in [0.717, 1.165) is 10.9 Å². The van der Waals surface area contributed by atoms with Gasteiger partial charge in [-0.15, -0.1) is 24.8 Å². The zero-order chi connectivity index (χ0) is 7.40. The minimum atomic E-state index is 0. The van der Waals surface area contributed by atoms with Crippen molar-refractivity contribution in [2.24, 2.45) is 12.8 Å². The number of halogens is 2. The van der Waals surface area contributed by atoms with Gasteiger partial charge in [0.15, 0.2) is 5.16 Å². The predicted molar refractivity (Wildman–Crippen MR) is 57.5 cm³/mol. The molecule has 1 aromatic rings. The molecule has 1 rings (SSSR count). The van der Waals surface area contributed by atoms with Crippen molar-refractivity contribution in [3.63, 3.8) is 0 Å². The maximum atomic E-state index is 5.34. The molecule has 1 aromatic heterocycles. The molecular weight excluding hydrogens is 217 g/mol. The summed E-state index contributed by atoms with van der Waals surface area (Å²) >= 11 is 1.68. The number of thioether (sulfide) groups is 1. The largest absolute Gasteiger partial charge is 0.330 e. The van der Waals surface area contributed by atoms with Gasteiger partial charge >= 0.3 is 0 Å². The second kappa shape index (κ2) is 7.73. The van der Waals surface area contributed by atoms with Gasteiger partial charge in [0.05, 0.1) is 0 Å². The highest BCUT2D eigenvalue weighted by atomic mass is 35.5. The quantitative estimate of drug-likeness (QED) is 0.796. The topological polar surface area (TPSA) is 43.8 Å². The molecule has 0 aromatic carbocycles. The highest BCUT2D eigenvalue weighted by Crippen LogP contribution is 2.12. The van der Waals surface area contributed by atoms with Gasteiger partial charge in [-0.1, -0.05) is 11.8 Å². The van der Waals surface area contributed by atoms with E-state index in [1.807, 2.05) is 17.8 Å². The average Bonchev–Trinajstić information content (AvgIpc) is 2.31. The van der Waals surface area contributed by atoms with Crippen LogP contribution in [0.3, 0.4) is 0 Å². The monoisotopic (exact) mass is 229 g/mol. The Labute approximate surface area is 88.9 Å². The third kappa shape index (κ3) is 4.21. The van der Waals surface area contributed by atoms with Crippen molar-refractivity contribution in [3.05, 3.63) is 12.4 Å². The molecule has 3 nitrogen and oxygen atoms in total. The third-order valence-electron chi connectivity index (χ3n) is 1.13. The minimum Gasteiger partial charge on any atom is -0.330 e.